The molecule has 0 saturated heterocycles. The summed E-state index contributed by atoms with van der Waals surface area (Å²) in [5.74, 6) is 0.476. The zero-order valence-electron chi connectivity index (χ0n) is 14.6. The van der Waals surface area contributed by atoms with Crippen molar-refractivity contribution in [2.24, 2.45) is 10.7 Å². The van der Waals surface area contributed by atoms with Gasteiger partial charge < -0.3 is 15.2 Å². The van der Waals surface area contributed by atoms with Gasteiger partial charge in [0.1, 0.15) is 22.5 Å². The first-order valence-electron chi connectivity index (χ1n) is 7.99. The largest absolute Gasteiger partial charge is 0.497 e. The lowest BCUT2D eigenvalue weighted by Gasteiger charge is -2.34. The van der Waals surface area contributed by atoms with Gasteiger partial charge in [-0.05, 0) is 43.3 Å². The fraction of sp³-hybridized carbons (Fsp3) is 0.278. The van der Waals surface area contributed by atoms with Crippen LogP contribution in [0.2, 0.25) is 0 Å². The summed E-state index contributed by atoms with van der Waals surface area (Å²) in [5, 5.41) is 9.90. The molecule has 1 aromatic carbocycles. The highest BCUT2D eigenvalue weighted by molar-refractivity contribution is 8.17. The fourth-order valence-electron chi connectivity index (χ4n) is 2.94. The minimum absolute atomic E-state index is 0.251. The molecule has 0 bridgehead atoms. The molecule has 0 aliphatic carbocycles. The molecule has 134 valence electrons. The predicted molar refractivity (Wildman–Crippen MR) is 98.8 cm³/mol. The molecule has 8 heteroatoms. The Kier molecular flexibility index (Phi) is 4.91. The van der Waals surface area contributed by atoms with Crippen LogP contribution in [0.1, 0.15) is 25.5 Å². The van der Waals surface area contributed by atoms with E-state index >= 15 is 0 Å². The molecular weight excluding hydrogens is 352 g/mol. The Labute approximate surface area is 155 Å². The molecule has 1 atom stereocenters. The third kappa shape index (κ3) is 2.91. The topological polar surface area (TPSA) is 101 Å². The first-order chi connectivity index (χ1) is 12.5. The van der Waals surface area contributed by atoms with Crippen LogP contribution >= 0.6 is 11.8 Å². The molecule has 0 spiro atoms. The van der Waals surface area contributed by atoms with E-state index in [0.717, 1.165) is 5.56 Å². The van der Waals surface area contributed by atoms with E-state index in [1.165, 1.54) is 11.8 Å². The number of nitrogens with zero attached hydrogens (tertiary/aromatic N) is 3. The van der Waals surface area contributed by atoms with E-state index in [9.17, 15) is 10.1 Å². The second kappa shape index (κ2) is 7.14. The number of hydrogen-bond donors (Lipinski definition) is 1. The highest BCUT2D eigenvalue weighted by atomic mass is 32.2. The Morgan fingerprint density at radius 1 is 1.50 bits per heavy atom. The van der Waals surface area contributed by atoms with Gasteiger partial charge in [0.2, 0.25) is 0 Å². The second-order valence-electron chi connectivity index (χ2n) is 5.59. The lowest BCUT2D eigenvalue weighted by molar-refractivity contribution is -0.139. The van der Waals surface area contributed by atoms with Crippen molar-refractivity contribution in [3.8, 4) is 11.8 Å². The molecule has 2 N–H and O–H groups in total. The zero-order chi connectivity index (χ0) is 18.8. The maximum atomic E-state index is 12.7. The molecule has 3 rings (SSSR count). The predicted octanol–water partition coefficient (Wildman–Crippen LogP) is 2.64. The number of aliphatic imine (C=N–C) groups is 1. The highest BCUT2D eigenvalue weighted by Crippen LogP contribution is 2.45. The Morgan fingerprint density at radius 3 is 2.92 bits per heavy atom. The molecule has 0 aromatic heterocycles. The smallest absolute Gasteiger partial charge is 0.338 e. The average molecular weight is 370 g/mol. The quantitative estimate of drug-likeness (QED) is 0.813. The Balaban J connectivity index is 2.19. The summed E-state index contributed by atoms with van der Waals surface area (Å²) < 4.78 is 10.6. The first-order valence-corrected chi connectivity index (χ1v) is 8.80. The number of hydrogen-bond acceptors (Lipinski definition) is 8. The standard InChI is InChI=1S/C18H18N4O3S/c1-4-25-17(23)14-10(2)21-18-22(16(20)13(9-19)26-18)15(14)11-6-5-7-12(8-11)24-3/h5-8,15H,4,20H2,1-3H3. The number of ether oxygens (including phenoxy) is 2. The molecule has 1 unspecified atom stereocenters. The number of benzene rings is 1. The Morgan fingerprint density at radius 2 is 2.27 bits per heavy atom. The summed E-state index contributed by atoms with van der Waals surface area (Å²) in [6.45, 7) is 3.76. The monoisotopic (exact) mass is 370 g/mol. The summed E-state index contributed by atoms with van der Waals surface area (Å²) in [4.78, 5) is 19.2. The number of amidine groups is 1. The Bertz CT molecular complexity index is 898. The number of fused-ring (bicyclic) bond motifs is 1. The van der Waals surface area contributed by atoms with Crippen LogP contribution in [-0.2, 0) is 9.53 Å². The van der Waals surface area contributed by atoms with Crippen LogP contribution in [0.15, 0.2) is 51.3 Å². The Hall–Kier alpha value is -2.92. The minimum atomic E-state index is -0.546. The van der Waals surface area contributed by atoms with Crippen LogP contribution in [0.3, 0.4) is 0 Å². The average Bonchev–Trinajstić information content (AvgIpc) is 2.96. The molecule has 0 radical (unpaired) electrons. The van der Waals surface area contributed by atoms with Crippen molar-refractivity contribution in [3.05, 3.63) is 51.8 Å². The summed E-state index contributed by atoms with van der Waals surface area (Å²) >= 11 is 1.19. The van der Waals surface area contributed by atoms with Gasteiger partial charge in [-0.2, -0.15) is 5.26 Å². The molecule has 2 heterocycles. The zero-order valence-corrected chi connectivity index (χ0v) is 15.5. The van der Waals surface area contributed by atoms with Crippen LogP contribution in [0.25, 0.3) is 0 Å². The number of thioether (sulfide) groups is 1. The van der Waals surface area contributed by atoms with Crippen molar-refractivity contribution >= 4 is 22.9 Å². The molecular formula is C18H18N4O3S. The van der Waals surface area contributed by atoms with Crippen molar-refractivity contribution in [3.63, 3.8) is 0 Å². The van der Waals surface area contributed by atoms with E-state index in [-0.39, 0.29) is 12.4 Å². The molecule has 7 nitrogen and oxygen atoms in total. The van der Waals surface area contributed by atoms with E-state index in [0.29, 0.717) is 27.1 Å². The number of esters is 1. The van der Waals surface area contributed by atoms with E-state index in [1.807, 2.05) is 24.3 Å². The number of nitriles is 1. The van der Waals surface area contributed by atoms with Crippen LogP contribution < -0.4 is 10.5 Å². The minimum Gasteiger partial charge on any atom is -0.497 e. The molecule has 1 aromatic rings. The molecule has 0 fully saturated rings. The lowest BCUT2D eigenvalue weighted by Crippen LogP contribution is -2.38. The summed E-state index contributed by atoms with van der Waals surface area (Å²) in [6.07, 6.45) is 0. The fourth-order valence-corrected chi connectivity index (χ4v) is 3.85. The number of carbonyl (C=O) groups is 1. The van der Waals surface area contributed by atoms with Gasteiger partial charge >= 0.3 is 5.97 Å². The molecule has 2 aliphatic rings. The van der Waals surface area contributed by atoms with Crippen molar-refractivity contribution in [1.29, 1.82) is 5.26 Å². The third-order valence-corrected chi connectivity index (χ3v) is 5.06. The van der Waals surface area contributed by atoms with Crippen LogP contribution in [-0.4, -0.2) is 29.8 Å². The van der Waals surface area contributed by atoms with Crippen molar-refractivity contribution < 1.29 is 14.3 Å². The van der Waals surface area contributed by atoms with Gasteiger partial charge in [0, 0.05) is 0 Å². The maximum Gasteiger partial charge on any atom is 0.338 e. The van der Waals surface area contributed by atoms with Gasteiger partial charge in [-0.1, -0.05) is 12.1 Å². The summed E-state index contributed by atoms with van der Waals surface area (Å²) in [6, 6.07) is 8.91. The first kappa shape index (κ1) is 17.9. The number of rotatable bonds is 4. The highest BCUT2D eigenvalue weighted by Gasteiger charge is 2.42. The van der Waals surface area contributed by atoms with E-state index in [2.05, 4.69) is 11.1 Å². The van der Waals surface area contributed by atoms with Gasteiger partial charge in [0.25, 0.3) is 0 Å². The van der Waals surface area contributed by atoms with Gasteiger partial charge in [-0.15, -0.1) is 0 Å². The van der Waals surface area contributed by atoms with Gasteiger partial charge in [-0.3, -0.25) is 4.90 Å². The number of methoxy groups -OCH3 is 1. The molecule has 0 amide bonds. The molecule has 2 aliphatic heterocycles. The molecule has 0 saturated carbocycles. The number of nitrogens with two attached hydrogens (primary N) is 1. The van der Waals surface area contributed by atoms with Crippen molar-refractivity contribution in [2.45, 2.75) is 19.9 Å². The lowest BCUT2D eigenvalue weighted by atomic mass is 9.94. The van der Waals surface area contributed by atoms with Gasteiger partial charge in [0.15, 0.2) is 5.17 Å². The van der Waals surface area contributed by atoms with Crippen LogP contribution in [0.5, 0.6) is 5.75 Å². The van der Waals surface area contributed by atoms with E-state index in [4.69, 9.17) is 15.2 Å². The van der Waals surface area contributed by atoms with Gasteiger partial charge in [-0.25, -0.2) is 9.79 Å². The number of allylic oxidation sites excluding steroid dienone is 2. The van der Waals surface area contributed by atoms with Gasteiger partial charge in [0.05, 0.1) is 31.0 Å². The third-order valence-electron chi connectivity index (χ3n) is 4.08. The van der Waals surface area contributed by atoms with Crippen molar-refractivity contribution in [2.75, 3.05) is 13.7 Å². The van der Waals surface area contributed by atoms with Crippen LogP contribution in [0, 0.1) is 11.3 Å². The summed E-state index contributed by atoms with van der Waals surface area (Å²) in [5.41, 5.74) is 7.93. The van der Waals surface area contributed by atoms with Crippen LogP contribution in [0.4, 0.5) is 0 Å². The molecule has 26 heavy (non-hydrogen) atoms. The van der Waals surface area contributed by atoms with Crippen molar-refractivity contribution in [1.82, 2.24) is 4.90 Å². The number of carbonyl (C=O) groups excluding carboxylic acids is 1. The van der Waals surface area contributed by atoms with E-state index < -0.39 is 12.0 Å². The normalized spacial score (nSPS) is 19.1. The second-order valence-corrected chi connectivity index (χ2v) is 6.57. The maximum absolute atomic E-state index is 12.7. The summed E-state index contributed by atoms with van der Waals surface area (Å²) in [7, 11) is 1.58. The SMILES string of the molecule is CCOC(=O)C1=C(C)N=C2SC(C#N)=C(N)N2C1c1cccc(OC)c1. The van der Waals surface area contributed by atoms with E-state index in [1.54, 1.807) is 25.9 Å².